The Labute approximate surface area is 154 Å². The van der Waals surface area contributed by atoms with Crippen molar-refractivity contribution < 1.29 is 8.42 Å². The Hall–Kier alpha value is -3.37. The molecule has 9 nitrogen and oxygen atoms in total. The van der Waals surface area contributed by atoms with Crippen LogP contribution >= 0.6 is 0 Å². The van der Waals surface area contributed by atoms with Crippen molar-refractivity contribution in [2.24, 2.45) is 0 Å². The summed E-state index contributed by atoms with van der Waals surface area (Å²) in [6.07, 6.45) is 6.82. The molecule has 5 heterocycles. The number of nitrogens with one attached hydrogen (secondary N) is 2. The Morgan fingerprint density at radius 2 is 1.96 bits per heavy atom. The van der Waals surface area contributed by atoms with Crippen LogP contribution < -0.4 is 5.43 Å². The van der Waals surface area contributed by atoms with Crippen LogP contribution in [0.5, 0.6) is 0 Å². The molecule has 0 spiro atoms. The standard InChI is InChI=1S/C17H13N7O2S/c1-24-23-17-15(27(24,25)26)6-10(7-19-17)13-2-3-14-16(22-13)12(4-5-18-14)11-8-20-21-9-11/h2-9H,1H3,(H,19,23)(H,20,21). The second-order valence-electron chi connectivity index (χ2n) is 6.06. The van der Waals surface area contributed by atoms with Crippen LogP contribution in [0.1, 0.15) is 0 Å². The summed E-state index contributed by atoms with van der Waals surface area (Å²) in [5.41, 5.74) is 7.16. The molecule has 1 aliphatic rings. The molecule has 5 rings (SSSR count). The first-order chi connectivity index (χ1) is 13.0. The first kappa shape index (κ1) is 15.9. The fraction of sp³-hybridized carbons (Fsp3) is 0.0588. The van der Waals surface area contributed by atoms with Gasteiger partial charge in [-0.05, 0) is 24.3 Å². The normalized spacial score (nSPS) is 15.6. The van der Waals surface area contributed by atoms with Gasteiger partial charge < -0.3 is 0 Å². The molecule has 0 saturated heterocycles. The molecule has 27 heavy (non-hydrogen) atoms. The Kier molecular flexibility index (Phi) is 3.27. The maximum Gasteiger partial charge on any atom is 0.263 e. The van der Waals surface area contributed by atoms with Crippen molar-refractivity contribution in [1.82, 2.24) is 29.6 Å². The van der Waals surface area contributed by atoms with Gasteiger partial charge in [0.25, 0.3) is 10.0 Å². The third-order valence-electron chi connectivity index (χ3n) is 4.44. The molecule has 0 amide bonds. The summed E-state index contributed by atoms with van der Waals surface area (Å²) in [5.74, 6) is 0.308. The van der Waals surface area contributed by atoms with Crippen molar-refractivity contribution in [3.63, 3.8) is 0 Å². The van der Waals surface area contributed by atoms with Crippen LogP contribution in [0.25, 0.3) is 33.4 Å². The first-order valence-electron chi connectivity index (χ1n) is 8.05. The summed E-state index contributed by atoms with van der Waals surface area (Å²) < 4.78 is 25.8. The van der Waals surface area contributed by atoms with Crippen LogP contribution in [0.15, 0.2) is 53.9 Å². The van der Waals surface area contributed by atoms with E-state index in [0.717, 1.165) is 21.1 Å². The molecule has 0 aromatic carbocycles. The van der Waals surface area contributed by atoms with Gasteiger partial charge in [-0.15, -0.1) is 4.41 Å². The highest BCUT2D eigenvalue weighted by atomic mass is 32.2. The topological polar surface area (TPSA) is 117 Å². The number of hydrogen-bond donors (Lipinski definition) is 2. The lowest BCUT2D eigenvalue weighted by atomic mass is 10.1. The van der Waals surface area contributed by atoms with Gasteiger partial charge in [-0.3, -0.25) is 15.5 Å². The number of fused-ring (bicyclic) bond motifs is 2. The third-order valence-corrected chi connectivity index (χ3v) is 6.12. The lowest BCUT2D eigenvalue weighted by Crippen LogP contribution is -2.24. The monoisotopic (exact) mass is 379 g/mol. The van der Waals surface area contributed by atoms with Gasteiger partial charge in [-0.1, -0.05) is 0 Å². The predicted molar refractivity (Wildman–Crippen MR) is 98.9 cm³/mol. The lowest BCUT2D eigenvalue weighted by molar-refractivity contribution is 0.530. The molecule has 0 fully saturated rings. The summed E-state index contributed by atoms with van der Waals surface area (Å²) in [6, 6.07) is 7.11. The van der Waals surface area contributed by atoms with E-state index >= 15 is 0 Å². The van der Waals surface area contributed by atoms with E-state index in [1.165, 1.54) is 7.05 Å². The van der Waals surface area contributed by atoms with Crippen molar-refractivity contribution >= 4 is 26.9 Å². The van der Waals surface area contributed by atoms with Crippen LogP contribution in [-0.4, -0.2) is 45.0 Å². The van der Waals surface area contributed by atoms with Gasteiger partial charge in [0.2, 0.25) is 0 Å². The van der Waals surface area contributed by atoms with Gasteiger partial charge in [0.05, 0.1) is 22.9 Å². The zero-order chi connectivity index (χ0) is 18.6. The van der Waals surface area contributed by atoms with Crippen LogP contribution in [-0.2, 0) is 10.0 Å². The maximum atomic E-state index is 12.4. The minimum Gasteiger partial charge on any atom is -0.288 e. The smallest absolute Gasteiger partial charge is 0.263 e. The van der Waals surface area contributed by atoms with E-state index in [-0.39, 0.29) is 4.90 Å². The number of anilines is 1. The van der Waals surface area contributed by atoms with E-state index in [2.05, 4.69) is 25.6 Å². The summed E-state index contributed by atoms with van der Waals surface area (Å²) >= 11 is 0. The molecule has 0 aliphatic carbocycles. The minimum atomic E-state index is -3.59. The second-order valence-corrected chi connectivity index (χ2v) is 8.00. The molecule has 2 N–H and O–H groups in total. The molecular formula is C17H13N7O2S. The lowest BCUT2D eigenvalue weighted by Gasteiger charge is -2.07. The number of aromatic amines is 1. The van der Waals surface area contributed by atoms with Crippen LogP contribution in [0, 0.1) is 0 Å². The maximum absolute atomic E-state index is 12.4. The van der Waals surface area contributed by atoms with Gasteiger partial charge >= 0.3 is 0 Å². The average Bonchev–Trinajstić information content (AvgIpc) is 3.28. The number of hydrogen-bond acceptors (Lipinski definition) is 7. The van der Waals surface area contributed by atoms with E-state index in [0.29, 0.717) is 22.6 Å². The zero-order valence-electron chi connectivity index (χ0n) is 14.1. The third kappa shape index (κ3) is 2.38. The molecule has 4 aromatic rings. The van der Waals surface area contributed by atoms with E-state index in [1.54, 1.807) is 36.9 Å². The number of hydrazine groups is 1. The quantitative estimate of drug-likeness (QED) is 0.547. The molecule has 0 saturated carbocycles. The number of rotatable bonds is 2. The highest BCUT2D eigenvalue weighted by Crippen LogP contribution is 2.33. The van der Waals surface area contributed by atoms with Gasteiger partial charge in [-0.2, -0.15) is 5.10 Å². The molecular weight excluding hydrogens is 366 g/mol. The number of pyridine rings is 3. The van der Waals surface area contributed by atoms with Crippen molar-refractivity contribution in [3.8, 4) is 22.4 Å². The van der Waals surface area contributed by atoms with Gasteiger partial charge in [0, 0.05) is 42.3 Å². The number of sulfonamides is 1. The van der Waals surface area contributed by atoms with E-state index < -0.39 is 10.0 Å². The van der Waals surface area contributed by atoms with Crippen molar-refractivity contribution in [1.29, 1.82) is 0 Å². The molecule has 0 radical (unpaired) electrons. The molecule has 0 atom stereocenters. The van der Waals surface area contributed by atoms with Crippen LogP contribution in [0.4, 0.5) is 5.82 Å². The van der Waals surface area contributed by atoms with Gasteiger partial charge in [-0.25, -0.2) is 18.4 Å². The molecule has 10 heteroatoms. The van der Waals surface area contributed by atoms with Crippen molar-refractivity contribution in [2.45, 2.75) is 4.90 Å². The van der Waals surface area contributed by atoms with E-state index in [4.69, 9.17) is 4.98 Å². The summed E-state index contributed by atoms with van der Waals surface area (Å²) in [5, 5.41) is 6.78. The summed E-state index contributed by atoms with van der Waals surface area (Å²) in [6.45, 7) is 0. The molecule has 0 unspecified atom stereocenters. The second kappa shape index (κ2) is 5.56. The number of H-pyrrole nitrogens is 1. The van der Waals surface area contributed by atoms with Crippen molar-refractivity contribution in [2.75, 3.05) is 12.5 Å². The Morgan fingerprint density at radius 1 is 1.07 bits per heavy atom. The van der Waals surface area contributed by atoms with E-state index in [9.17, 15) is 8.42 Å². The average molecular weight is 379 g/mol. The zero-order valence-corrected chi connectivity index (χ0v) is 14.9. The molecule has 1 aliphatic heterocycles. The Morgan fingerprint density at radius 3 is 2.78 bits per heavy atom. The number of aromatic nitrogens is 5. The molecule has 4 aromatic heterocycles. The summed E-state index contributed by atoms with van der Waals surface area (Å²) in [7, 11) is -2.16. The van der Waals surface area contributed by atoms with Gasteiger partial charge in [0.15, 0.2) is 5.82 Å². The van der Waals surface area contributed by atoms with Gasteiger partial charge in [0.1, 0.15) is 4.90 Å². The Bertz CT molecular complexity index is 1290. The Balaban J connectivity index is 1.69. The predicted octanol–water partition coefficient (Wildman–Crippen LogP) is 2.04. The highest BCUT2D eigenvalue weighted by molar-refractivity contribution is 7.89. The molecule has 134 valence electrons. The minimum absolute atomic E-state index is 0.130. The highest BCUT2D eigenvalue weighted by Gasteiger charge is 2.33. The fourth-order valence-electron chi connectivity index (χ4n) is 3.04. The van der Waals surface area contributed by atoms with Crippen LogP contribution in [0.2, 0.25) is 0 Å². The van der Waals surface area contributed by atoms with E-state index in [1.807, 2.05) is 12.1 Å². The molecule has 0 bridgehead atoms. The SMILES string of the molecule is CN1Nc2ncc(-c3ccc4nccc(-c5cn[nH]c5)c4n3)cc2S1(=O)=O. The fourth-order valence-corrected chi connectivity index (χ4v) is 4.16. The largest absolute Gasteiger partial charge is 0.288 e. The first-order valence-corrected chi connectivity index (χ1v) is 9.49. The van der Waals surface area contributed by atoms with Crippen molar-refractivity contribution in [3.05, 3.63) is 49.1 Å². The summed E-state index contributed by atoms with van der Waals surface area (Å²) in [4.78, 5) is 13.4. The number of nitrogens with zero attached hydrogens (tertiary/aromatic N) is 5. The van der Waals surface area contributed by atoms with Crippen LogP contribution in [0.3, 0.4) is 0 Å².